The standard InChI is InChI=1S/C13H19N3O4/c1-7(10-8(2)16-20-9(10)3)14-12(19)15-13(11(17)18)5-4-6-13/h7H,4-6H2,1-3H3,(H,17,18)(H2,14,15,19). The van der Waals surface area contributed by atoms with Gasteiger partial charge in [0.15, 0.2) is 0 Å². The molecular formula is C13H19N3O4. The van der Waals surface area contributed by atoms with Crippen LogP contribution in [0.4, 0.5) is 4.79 Å². The maximum Gasteiger partial charge on any atom is 0.329 e. The third-order valence-corrected chi connectivity index (χ3v) is 3.84. The molecule has 1 fully saturated rings. The van der Waals surface area contributed by atoms with Gasteiger partial charge in [0.25, 0.3) is 0 Å². The van der Waals surface area contributed by atoms with Crippen LogP contribution in [0.2, 0.25) is 0 Å². The molecule has 1 aliphatic carbocycles. The zero-order valence-electron chi connectivity index (χ0n) is 11.8. The molecule has 1 aromatic heterocycles. The van der Waals surface area contributed by atoms with Gasteiger partial charge in [-0.25, -0.2) is 9.59 Å². The SMILES string of the molecule is Cc1noc(C)c1C(C)NC(=O)NC1(C(=O)O)CCC1. The van der Waals surface area contributed by atoms with E-state index >= 15 is 0 Å². The first-order chi connectivity index (χ1) is 9.35. The van der Waals surface area contributed by atoms with Gasteiger partial charge in [-0.15, -0.1) is 0 Å². The van der Waals surface area contributed by atoms with Gasteiger partial charge in [0.05, 0.1) is 11.7 Å². The summed E-state index contributed by atoms with van der Waals surface area (Å²) >= 11 is 0. The van der Waals surface area contributed by atoms with Crippen molar-refractivity contribution in [1.82, 2.24) is 15.8 Å². The lowest BCUT2D eigenvalue weighted by atomic mass is 9.77. The van der Waals surface area contributed by atoms with Gasteiger partial charge >= 0.3 is 12.0 Å². The summed E-state index contributed by atoms with van der Waals surface area (Å²) in [6.45, 7) is 5.38. The number of urea groups is 1. The quantitative estimate of drug-likeness (QED) is 0.778. The lowest BCUT2D eigenvalue weighted by Gasteiger charge is -2.38. The fourth-order valence-corrected chi connectivity index (χ4v) is 2.55. The van der Waals surface area contributed by atoms with Crippen molar-refractivity contribution in [1.29, 1.82) is 0 Å². The first-order valence-electron chi connectivity index (χ1n) is 6.60. The highest BCUT2D eigenvalue weighted by Crippen LogP contribution is 2.32. The number of carboxylic acids is 1. The first-order valence-corrected chi connectivity index (χ1v) is 6.60. The second kappa shape index (κ2) is 5.15. The van der Waals surface area contributed by atoms with Gasteiger partial charge in [0.1, 0.15) is 11.3 Å². The Balaban J connectivity index is 2.00. The van der Waals surface area contributed by atoms with Crippen LogP contribution in [0, 0.1) is 13.8 Å². The molecule has 1 unspecified atom stereocenters. The summed E-state index contributed by atoms with van der Waals surface area (Å²) in [4.78, 5) is 23.1. The number of rotatable bonds is 4. The molecule has 0 radical (unpaired) electrons. The van der Waals surface area contributed by atoms with Crippen LogP contribution in [0.1, 0.15) is 49.2 Å². The summed E-state index contributed by atoms with van der Waals surface area (Å²) in [5.41, 5.74) is 0.424. The van der Waals surface area contributed by atoms with Crippen molar-refractivity contribution in [3.63, 3.8) is 0 Å². The van der Waals surface area contributed by atoms with Crippen molar-refractivity contribution in [3.05, 3.63) is 17.0 Å². The van der Waals surface area contributed by atoms with Gasteiger partial charge in [-0.3, -0.25) is 0 Å². The van der Waals surface area contributed by atoms with Gasteiger partial charge in [0.2, 0.25) is 0 Å². The Labute approximate surface area is 116 Å². The molecule has 0 saturated heterocycles. The van der Waals surface area contributed by atoms with Gasteiger partial charge in [-0.2, -0.15) is 0 Å². The second-order valence-electron chi connectivity index (χ2n) is 5.30. The Bertz CT molecular complexity index is 514. The molecule has 3 N–H and O–H groups in total. The Kier molecular flexibility index (Phi) is 3.69. The molecule has 20 heavy (non-hydrogen) atoms. The lowest BCUT2D eigenvalue weighted by molar-refractivity contribution is -0.148. The Morgan fingerprint density at radius 1 is 1.40 bits per heavy atom. The van der Waals surface area contributed by atoms with Crippen LogP contribution in [-0.2, 0) is 4.79 Å². The van der Waals surface area contributed by atoms with Crippen LogP contribution in [0.5, 0.6) is 0 Å². The van der Waals surface area contributed by atoms with Crippen LogP contribution in [0.3, 0.4) is 0 Å². The molecule has 1 heterocycles. The Morgan fingerprint density at radius 3 is 2.45 bits per heavy atom. The second-order valence-corrected chi connectivity index (χ2v) is 5.30. The van der Waals surface area contributed by atoms with E-state index in [9.17, 15) is 14.7 Å². The minimum Gasteiger partial charge on any atom is -0.480 e. The number of amides is 2. The predicted molar refractivity (Wildman–Crippen MR) is 70.3 cm³/mol. The monoisotopic (exact) mass is 281 g/mol. The number of aryl methyl sites for hydroxylation is 2. The molecular weight excluding hydrogens is 262 g/mol. The van der Waals surface area contributed by atoms with E-state index in [1.54, 1.807) is 20.8 Å². The average Bonchev–Trinajstić information content (AvgIpc) is 2.63. The van der Waals surface area contributed by atoms with Crippen molar-refractivity contribution < 1.29 is 19.2 Å². The molecule has 0 spiro atoms. The highest BCUT2D eigenvalue weighted by molar-refractivity contribution is 5.87. The molecule has 1 aliphatic rings. The minimum absolute atomic E-state index is 0.299. The summed E-state index contributed by atoms with van der Waals surface area (Å²) in [6.07, 6.45) is 1.75. The van der Waals surface area contributed by atoms with Crippen LogP contribution in [0.25, 0.3) is 0 Å². The number of aliphatic carboxylic acids is 1. The summed E-state index contributed by atoms with van der Waals surface area (Å²) in [5.74, 6) is -0.337. The maximum atomic E-state index is 11.9. The molecule has 110 valence electrons. The van der Waals surface area contributed by atoms with Crippen LogP contribution in [-0.4, -0.2) is 27.8 Å². The van der Waals surface area contributed by atoms with Crippen molar-refractivity contribution >= 4 is 12.0 Å². The molecule has 1 aromatic rings. The van der Waals surface area contributed by atoms with E-state index in [1.165, 1.54) is 0 Å². The molecule has 2 rings (SSSR count). The topological polar surface area (TPSA) is 104 Å². The molecule has 1 saturated carbocycles. The third kappa shape index (κ3) is 2.48. The lowest BCUT2D eigenvalue weighted by Crippen LogP contribution is -2.61. The molecule has 7 nitrogen and oxygen atoms in total. The summed E-state index contributed by atoms with van der Waals surface area (Å²) in [7, 11) is 0. The number of aromatic nitrogens is 1. The van der Waals surface area contributed by atoms with Crippen molar-refractivity contribution in [3.8, 4) is 0 Å². The minimum atomic E-state index is -1.11. The van der Waals surface area contributed by atoms with Gasteiger partial charge in [-0.05, 0) is 40.0 Å². The smallest absolute Gasteiger partial charge is 0.329 e. The fraction of sp³-hybridized carbons (Fsp3) is 0.615. The summed E-state index contributed by atoms with van der Waals surface area (Å²) in [6, 6.07) is -0.785. The molecule has 7 heteroatoms. The van der Waals surface area contributed by atoms with Crippen molar-refractivity contribution in [2.75, 3.05) is 0 Å². The fourth-order valence-electron chi connectivity index (χ4n) is 2.55. The zero-order chi connectivity index (χ0) is 14.9. The number of hydrogen-bond donors (Lipinski definition) is 3. The number of nitrogens with zero attached hydrogens (tertiary/aromatic N) is 1. The number of carboxylic acid groups (broad SMARTS) is 1. The van der Waals surface area contributed by atoms with E-state index in [4.69, 9.17) is 4.52 Å². The maximum absolute atomic E-state index is 11.9. The number of hydrogen-bond acceptors (Lipinski definition) is 4. The Hall–Kier alpha value is -2.05. The molecule has 0 aromatic carbocycles. The van der Waals surface area contributed by atoms with E-state index in [1.807, 2.05) is 0 Å². The van der Waals surface area contributed by atoms with Gasteiger partial charge < -0.3 is 20.3 Å². The molecule has 0 bridgehead atoms. The molecule has 0 aliphatic heterocycles. The highest BCUT2D eigenvalue weighted by Gasteiger charge is 2.45. The van der Waals surface area contributed by atoms with Gasteiger partial charge in [0, 0.05) is 5.56 Å². The predicted octanol–water partition coefficient (Wildman–Crippen LogP) is 1.66. The van der Waals surface area contributed by atoms with Crippen LogP contribution < -0.4 is 10.6 Å². The normalized spacial score (nSPS) is 17.9. The summed E-state index contributed by atoms with van der Waals surface area (Å²) < 4.78 is 5.05. The van der Waals surface area contributed by atoms with Gasteiger partial charge in [-0.1, -0.05) is 5.16 Å². The summed E-state index contributed by atoms with van der Waals surface area (Å²) in [5, 5.41) is 18.3. The van der Waals surface area contributed by atoms with E-state index in [0.717, 1.165) is 12.0 Å². The van der Waals surface area contributed by atoms with Crippen LogP contribution in [0.15, 0.2) is 4.52 Å². The van der Waals surface area contributed by atoms with Crippen LogP contribution >= 0.6 is 0 Å². The van der Waals surface area contributed by atoms with Crippen molar-refractivity contribution in [2.45, 2.75) is 51.6 Å². The number of nitrogens with one attached hydrogen (secondary N) is 2. The van der Waals surface area contributed by atoms with E-state index in [2.05, 4.69) is 15.8 Å². The van der Waals surface area contributed by atoms with E-state index in [0.29, 0.717) is 24.3 Å². The first kappa shape index (κ1) is 14.4. The Morgan fingerprint density at radius 2 is 2.05 bits per heavy atom. The molecule has 2 amide bonds. The van der Waals surface area contributed by atoms with Crippen molar-refractivity contribution in [2.24, 2.45) is 0 Å². The third-order valence-electron chi connectivity index (χ3n) is 3.84. The largest absolute Gasteiger partial charge is 0.480 e. The zero-order valence-corrected chi connectivity index (χ0v) is 11.8. The number of carbonyl (C=O) groups excluding carboxylic acids is 1. The highest BCUT2D eigenvalue weighted by atomic mass is 16.5. The average molecular weight is 281 g/mol. The number of carbonyl (C=O) groups is 2. The van der Waals surface area contributed by atoms with E-state index < -0.39 is 17.5 Å². The molecule has 1 atom stereocenters. The van der Waals surface area contributed by atoms with E-state index in [-0.39, 0.29) is 6.04 Å².